The van der Waals surface area contributed by atoms with E-state index in [-0.39, 0.29) is 5.91 Å². The molecule has 0 aliphatic heterocycles. The maximum Gasteiger partial charge on any atom is 0.234 e. The van der Waals surface area contributed by atoms with Crippen LogP contribution in [-0.2, 0) is 11.2 Å². The summed E-state index contributed by atoms with van der Waals surface area (Å²) in [7, 11) is 3.16. The van der Waals surface area contributed by atoms with Gasteiger partial charge in [0.25, 0.3) is 0 Å². The molecule has 1 N–H and O–H groups in total. The minimum absolute atomic E-state index is 0.00747. The molecule has 0 fully saturated rings. The van der Waals surface area contributed by atoms with Crippen molar-refractivity contribution in [3.8, 4) is 11.5 Å². The third-order valence-electron chi connectivity index (χ3n) is 3.50. The summed E-state index contributed by atoms with van der Waals surface area (Å²) >= 11 is 1.65. The van der Waals surface area contributed by atoms with Crippen molar-refractivity contribution in [3.05, 3.63) is 54.1 Å². The SMILES string of the molecule is COc1ccc(NC(=O)CSCCCc2ccccc2)cc1OC. The van der Waals surface area contributed by atoms with Crippen LogP contribution in [0.3, 0.4) is 0 Å². The zero-order chi connectivity index (χ0) is 17.2. The molecule has 4 nitrogen and oxygen atoms in total. The number of thioether (sulfide) groups is 1. The van der Waals surface area contributed by atoms with Crippen molar-refractivity contribution in [1.29, 1.82) is 0 Å². The van der Waals surface area contributed by atoms with Crippen molar-refractivity contribution >= 4 is 23.4 Å². The number of nitrogens with one attached hydrogen (secondary N) is 1. The number of aryl methyl sites for hydroxylation is 1. The number of carbonyl (C=O) groups excluding carboxylic acids is 1. The van der Waals surface area contributed by atoms with Gasteiger partial charge in [-0.05, 0) is 36.3 Å². The minimum atomic E-state index is -0.00747. The molecule has 0 radical (unpaired) electrons. The second-order valence-electron chi connectivity index (χ2n) is 5.26. The standard InChI is InChI=1S/C19H23NO3S/c1-22-17-11-10-16(13-18(17)23-2)20-19(21)14-24-12-6-9-15-7-4-3-5-8-15/h3-5,7-8,10-11,13H,6,9,12,14H2,1-2H3,(H,20,21). The number of carbonyl (C=O) groups is 1. The van der Waals surface area contributed by atoms with E-state index in [2.05, 4.69) is 29.6 Å². The summed E-state index contributed by atoms with van der Waals surface area (Å²) in [5.41, 5.74) is 2.05. The molecular weight excluding hydrogens is 322 g/mol. The molecule has 0 saturated heterocycles. The first kappa shape index (κ1) is 18.2. The van der Waals surface area contributed by atoms with Gasteiger partial charge in [0.1, 0.15) is 0 Å². The van der Waals surface area contributed by atoms with E-state index in [1.807, 2.05) is 6.07 Å². The average molecular weight is 345 g/mol. The van der Waals surface area contributed by atoms with Crippen LogP contribution in [0.5, 0.6) is 11.5 Å². The fraction of sp³-hybridized carbons (Fsp3) is 0.316. The second kappa shape index (κ2) is 9.88. The minimum Gasteiger partial charge on any atom is -0.493 e. The highest BCUT2D eigenvalue weighted by molar-refractivity contribution is 7.99. The number of hydrogen-bond donors (Lipinski definition) is 1. The van der Waals surface area contributed by atoms with Crippen LogP contribution in [-0.4, -0.2) is 31.6 Å². The molecule has 2 rings (SSSR count). The number of hydrogen-bond acceptors (Lipinski definition) is 4. The average Bonchev–Trinajstić information content (AvgIpc) is 2.62. The third kappa shape index (κ3) is 5.81. The lowest BCUT2D eigenvalue weighted by Gasteiger charge is -2.10. The molecule has 0 spiro atoms. The highest BCUT2D eigenvalue weighted by Gasteiger charge is 2.07. The Morgan fingerprint density at radius 1 is 1.04 bits per heavy atom. The van der Waals surface area contributed by atoms with Crippen LogP contribution < -0.4 is 14.8 Å². The van der Waals surface area contributed by atoms with E-state index in [0.717, 1.165) is 18.6 Å². The first-order chi connectivity index (χ1) is 11.7. The van der Waals surface area contributed by atoms with Crippen molar-refractivity contribution in [3.63, 3.8) is 0 Å². The number of methoxy groups -OCH3 is 2. The molecule has 0 bridgehead atoms. The smallest absolute Gasteiger partial charge is 0.234 e. The molecular formula is C19H23NO3S. The number of anilines is 1. The van der Waals surface area contributed by atoms with E-state index in [4.69, 9.17) is 9.47 Å². The van der Waals surface area contributed by atoms with Gasteiger partial charge in [-0.25, -0.2) is 0 Å². The van der Waals surface area contributed by atoms with Crippen LogP contribution in [0, 0.1) is 0 Å². The lowest BCUT2D eigenvalue weighted by Crippen LogP contribution is -2.14. The zero-order valence-electron chi connectivity index (χ0n) is 14.1. The lowest BCUT2D eigenvalue weighted by molar-refractivity contribution is -0.113. The van der Waals surface area contributed by atoms with E-state index in [1.54, 1.807) is 44.2 Å². The molecule has 5 heteroatoms. The van der Waals surface area contributed by atoms with E-state index < -0.39 is 0 Å². The molecule has 2 aromatic carbocycles. The Bertz CT molecular complexity index is 646. The first-order valence-corrected chi connectivity index (χ1v) is 9.02. The molecule has 0 atom stereocenters. The predicted octanol–water partition coefficient (Wildman–Crippen LogP) is 4.01. The molecule has 0 aliphatic rings. The Morgan fingerprint density at radius 3 is 2.50 bits per heavy atom. The quantitative estimate of drug-likeness (QED) is 0.698. The molecule has 0 heterocycles. The highest BCUT2D eigenvalue weighted by atomic mass is 32.2. The summed E-state index contributed by atoms with van der Waals surface area (Å²) in [4.78, 5) is 12.0. The van der Waals surface area contributed by atoms with Crippen molar-refractivity contribution in [2.45, 2.75) is 12.8 Å². The molecule has 24 heavy (non-hydrogen) atoms. The van der Waals surface area contributed by atoms with Crippen molar-refractivity contribution in [1.82, 2.24) is 0 Å². The van der Waals surface area contributed by atoms with E-state index in [1.165, 1.54) is 5.56 Å². The van der Waals surface area contributed by atoms with Gasteiger partial charge in [-0.2, -0.15) is 11.8 Å². The summed E-state index contributed by atoms with van der Waals surface area (Å²) in [6.07, 6.45) is 2.11. The predicted molar refractivity (Wildman–Crippen MR) is 100 cm³/mol. The number of benzene rings is 2. The number of ether oxygens (including phenoxy) is 2. The lowest BCUT2D eigenvalue weighted by atomic mass is 10.1. The molecule has 128 valence electrons. The summed E-state index contributed by atoms with van der Waals surface area (Å²) in [5.74, 6) is 2.65. The van der Waals surface area contributed by atoms with Gasteiger partial charge in [0.2, 0.25) is 5.91 Å². The van der Waals surface area contributed by atoms with Crippen LogP contribution in [0.4, 0.5) is 5.69 Å². The second-order valence-corrected chi connectivity index (χ2v) is 6.36. The van der Waals surface area contributed by atoms with Gasteiger partial charge in [-0.3, -0.25) is 4.79 Å². The Hall–Kier alpha value is -2.14. The Balaban J connectivity index is 1.69. The van der Waals surface area contributed by atoms with Crippen LogP contribution in [0.25, 0.3) is 0 Å². The Labute approximate surface area is 147 Å². The largest absolute Gasteiger partial charge is 0.493 e. The van der Waals surface area contributed by atoms with Crippen LogP contribution in [0.15, 0.2) is 48.5 Å². The molecule has 2 aromatic rings. The fourth-order valence-corrected chi connectivity index (χ4v) is 3.05. The maximum absolute atomic E-state index is 12.0. The van der Waals surface area contributed by atoms with Gasteiger partial charge in [-0.15, -0.1) is 0 Å². The fourth-order valence-electron chi connectivity index (χ4n) is 2.30. The molecule has 0 aromatic heterocycles. The van der Waals surface area contributed by atoms with E-state index in [0.29, 0.717) is 22.9 Å². The first-order valence-electron chi connectivity index (χ1n) is 7.86. The van der Waals surface area contributed by atoms with Crippen LogP contribution in [0.2, 0.25) is 0 Å². The molecule has 1 amide bonds. The summed E-state index contributed by atoms with van der Waals surface area (Å²) in [5, 5.41) is 2.88. The Kier molecular flexibility index (Phi) is 7.49. The van der Waals surface area contributed by atoms with Gasteiger partial charge in [-0.1, -0.05) is 30.3 Å². The van der Waals surface area contributed by atoms with E-state index >= 15 is 0 Å². The van der Waals surface area contributed by atoms with Crippen molar-refractivity contribution in [2.75, 3.05) is 31.0 Å². The molecule has 0 aliphatic carbocycles. The zero-order valence-corrected chi connectivity index (χ0v) is 14.9. The van der Waals surface area contributed by atoms with Crippen molar-refractivity contribution in [2.24, 2.45) is 0 Å². The summed E-state index contributed by atoms with van der Waals surface area (Å²) in [6.45, 7) is 0. The van der Waals surface area contributed by atoms with Gasteiger partial charge in [0, 0.05) is 11.8 Å². The monoisotopic (exact) mass is 345 g/mol. The van der Waals surface area contributed by atoms with Gasteiger partial charge >= 0.3 is 0 Å². The highest BCUT2D eigenvalue weighted by Crippen LogP contribution is 2.29. The van der Waals surface area contributed by atoms with Gasteiger partial charge in [0.05, 0.1) is 20.0 Å². The van der Waals surface area contributed by atoms with Gasteiger partial charge in [0.15, 0.2) is 11.5 Å². The number of amides is 1. The maximum atomic E-state index is 12.0. The summed E-state index contributed by atoms with van der Waals surface area (Å²) in [6, 6.07) is 15.7. The molecule has 0 unspecified atom stereocenters. The Morgan fingerprint density at radius 2 is 1.79 bits per heavy atom. The number of rotatable bonds is 9. The van der Waals surface area contributed by atoms with Crippen molar-refractivity contribution < 1.29 is 14.3 Å². The third-order valence-corrected chi connectivity index (χ3v) is 4.54. The topological polar surface area (TPSA) is 47.6 Å². The van der Waals surface area contributed by atoms with Gasteiger partial charge < -0.3 is 14.8 Å². The summed E-state index contributed by atoms with van der Waals surface area (Å²) < 4.78 is 10.4. The van der Waals surface area contributed by atoms with Crippen LogP contribution in [0.1, 0.15) is 12.0 Å². The normalized spacial score (nSPS) is 10.2. The molecule has 0 saturated carbocycles. The van der Waals surface area contributed by atoms with Crippen LogP contribution >= 0.6 is 11.8 Å². The van der Waals surface area contributed by atoms with E-state index in [9.17, 15) is 4.79 Å².